The molecule has 0 fully saturated rings. The highest BCUT2D eigenvalue weighted by Gasteiger charge is 2.07. The van der Waals surface area contributed by atoms with Gasteiger partial charge in [0, 0.05) is 11.6 Å². The van der Waals surface area contributed by atoms with E-state index in [1.807, 2.05) is 19.1 Å². The summed E-state index contributed by atoms with van der Waals surface area (Å²) in [7, 11) is 3.15. The molecule has 0 bridgehead atoms. The Morgan fingerprint density at radius 1 is 1.04 bits per heavy atom. The van der Waals surface area contributed by atoms with Crippen LogP contribution in [0.5, 0.6) is 17.2 Å². The fourth-order valence-corrected chi connectivity index (χ4v) is 2.53. The van der Waals surface area contributed by atoms with Crippen molar-refractivity contribution in [3.8, 4) is 17.2 Å². The van der Waals surface area contributed by atoms with E-state index < -0.39 is 5.97 Å². The van der Waals surface area contributed by atoms with Gasteiger partial charge in [0.25, 0.3) is 0 Å². The Labute approximate surface area is 143 Å². The van der Waals surface area contributed by atoms with Crippen molar-refractivity contribution in [1.29, 1.82) is 0 Å². The summed E-state index contributed by atoms with van der Waals surface area (Å²) in [6.07, 6.45) is 2.98. The number of methoxy groups -OCH3 is 2. The molecule has 0 atom stereocenters. The van der Waals surface area contributed by atoms with E-state index in [4.69, 9.17) is 14.2 Å². The molecule has 0 aliphatic carbocycles. The van der Waals surface area contributed by atoms with Crippen molar-refractivity contribution in [2.45, 2.75) is 6.92 Å². The fourth-order valence-electron chi connectivity index (χ4n) is 1.96. The van der Waals surface area contributed by atoms with Crippen LogP contribution in [-0.2, 0) is 4.79 Å². The Bertz CT molecular complexity index is 738. The zero-order chi connectivity index (χ0) is 16.8. The average Bonchev–Trinajstić information content (AvgIpc) is 2.55. The number of ether oxygens (including phenoxy) is 3. The molecule has 0 unspecified atom stereocenters. The predicted octanol–water partition coefficient (Wildman–Crippen LogP) is 4.39. The SMILES string of the molecule is COc1ccc(OC)c(/C=C/C(=O)Oc2ccc(C)cc2Br)c1. The molecule has 0 aliphatic rings. The molecule has 120 valence electrons. The van der Waals surface area contributed by atoms with Crippen LogP contribution in [0.2, 0.25) is 0 Å². The minimum absolute atomic E-state index is 0.473. The van der Waals surface area contributed by atoms with Crippen molar-refractivity contribution in [3.63, 3.8) is 0 Å². The maximum Gasteiger partial charge on any atom is 0.336 e. The third kappa shape index (κ3) is 4.60. The Hall–Kier alpha value is -2.27. The molecule has 0 aliphatic heterocycles. The number of rotatable bonds is 5. The zero-order valence-corrected chi connectivity index (χ0v) is 14.7. The van der Waals surface area contributed by atoms with E-state index >= 15 is 0 Å². The number of esters is 1. The summed E-state index contributed by atoms with van der Waals surface area (Å²) in [6, 6.07) is 10.9. The van der Waals surface area contributed by atoms with Gasteiger partial charge >= 0.3 is 5.97 Å². The summed E-state index contributed by atoms with van der Waals surface area (Å²) in [5.74, 6) is 1.33. The van der Waals surface area contributed by atoms with Crippen LogP contribution < -0.4 is 14.2 Å². The van der Waals surface area contributed by atoms with Crippen LogP contribution in [0, 0.1) is 6.92 Å². The molecule has 0 N–H and O–H groups in total. The van der Waals surface area contributed by atoms with E-state index in [0.29, 0.717) is 17.2 Å². The van der Waals surface area contributed by atoms with Crippen molar-refractivity contribution in [2.24, 2.45) is 0 Å². The summed E-state index contributed by atoms with van der Waals surface area (Å²) in [6.45, 7) is 1.96. The predicted molar refractivity (Wildman–Crippen MR) is 93.1 cm³/mol. The lowest BCUT2D eigenvalue weighted by atomic mass is 10.1. The minimum atomic E-state index is -0.473. The van der Waals surface area contributed by atoms with Gasteiger partial charge in [-0.05, 0) is 64.8 Å². The van der Waals surface area contributed by atoms with Crippen LogP contribution in [0.1, 0.15) is 11.1 Å². The first kappa shape index (κ1) is 17.1. The van der Waals surface area contributed by atoms with E-state index in [2.05, 4.69) is 15.9 Å². The lowest BCUT2D eigenvalue weighted by Crippen LogP contribution is -2.04. The van der Waals surface area contributed by atoms with Gasteiger partial charge in [0.05, 0.1) is 18.7 Å². The van der Waals surface area contributed by atoms with E-state index in [0.717, 1.165) is 15.6 Å². The maximum atomic E-state index is 12.0. The topological polar surface area (TPSA) is 44.8 Å². The molecular formula is C18H17BrO4. The number of carbonyl (C=O) groups excluding carboxylic acids is 1. The second kappa shape index (κ2) is 7.83. The average molecular weight is 377 g/mol. The first-order valence-electron chi connectivity index (χ1n) is 6.91. The summed E-state index contributed by atoms with van der Waals surface area (Å²) in [5, 5.41) is 0. The van der Waals surface area contributed by atoms with Crippen LogP contribution in [0.4, 0.5) is 0 Å². The first-order valence-corrected chi connectivity index (χ1v) is 7.71. The zero-order valence-electron chi connectivity index (χ0n) is 13.1. The molecule has 0 saturated carbocycles. The highest BCUT2D eigenvalue weighted by atomic mass is 79.9. The largest absolute Gasteiger partial charge is 0.497 e. The Kier molecular flexibility index (Phi) is 5.82. The van der Waals surface area contributed by atoms with Crippen molar-refractivity contribution in [2.75, 3.05) is 14.2 Å². The van der Waals surface area contributed by atoms with Gasteiger partial charge in [0.2, 0.25) is 0 Å². The third-order valence-corrected chi connectivity index (χ3v) is 3.75. The van der Waals surface area contributed by atoms with Gasteiger partial charge in [-0.3, -0.25) is 0 Å². The molecule has 0 radical (unpaired) electrons. The van der Waals surface area contributed by atoms with Crippen molar-refractivity contribution in [3.05, 3.63) is 58.1 Å². The summed E-state index contributed by atoms with van der Waals surface area (Å²) in [5.41, 5.74) is 1.81. The van der Waals surface area contributed by atoms with E-state index in [-0.39, 0.29) is 0 Å². The summed E-state index contributed by atoms with van der Waals surface area (Å²) in [4.78, 5) is 12.0. The van der Waals surface area contributed by atoms with Crippen molar-refractivity contribution >= 4 is 28.0 Å². The lowest BCUT2D eigenvalue weighted by Gasteiger charge is -2.07. The highest BCUT2D eigenvalue weighted by molar-refractivity contribution is 9.10. The molecule has 0 saturated heterocycles. The van der Waals surface area contributed by atoms with Crippen LogP contribution in [0.15, 0.2) is 46.9 Å². The molecule has 0 spiro atoms. The molecule has 5 heteroatoms. The second-order valence-corrected chi connectivity index (χ2v) is 5.65. The number of hydrogen-bond donors (Lipinski definition) is 0. The van der Waals surface area contributed by atoms with Gasteiger partial charge in [-0.1, -0.05) is 6.07 Å². The Balaban J connectivity index is 2.14. The Morgan fingerprint density at radius 3 is 2.43 bits per heavy atom. The van der Waals surface area contributed by atoms with Gasteiger partial charge in [-0.25, -0.2) is 4.79 Å². The van der Waals surface area contributed by atoms with E-state index in [1.165, 1.54) is 6.08 Å². The van der Waals surface area contributed by atoms with Crippen LogP contribution in [0.25, 0.3) is 6.08 Å². The molecule has 0 aromatic heterocycles. The fraction of sp³-hybridized carbons (Fsp3) is 0.167. The molecule has 2 aromatic carbocycles. The number of benzene rings is 2. The van der Waals surface area contributed by atoms with Gasteiger partial charge in [-0.15, -0.1) is 0 Å². The van der Waals surface area contributed by atoms with Gasteiger partial charge in [-0.2, -0.15) is 0 Å². The lowest BCUT2D eigenvalue weighted by molar-refractivity contribution is -0.128. The molecule has 0 heterocycles. The number of hydrogen-bond acceptors (Lipinski definition) is 4. The van der Waals surface area contributed by atoms with Gasteiger partial charge < -0.3 is 14.2 Å². The summed E-state index contributed by atoms with van der Waals surface area (Å²) >= 11 is 3.38. The standard InChI is InChI=1S/C18H17BrO4/c1-12-4-7-17(15(19)10-12)23-18(20)9-5-13-11-14(21-2)6-8-16(13)22-3/h4-11H,1-3H3/b9-5+. The van der Waals surface area contributed by atoms with Crippen LogP contribution in [-0.4, -0.2) is 20.2 Å². The highest BCUT2D eigenvalue weighted by Crippen LogP contribution is 2.27. The van der Waals surface area contributed by atoms with Crippen molar-refractivity contribution < 1.29 is 19.0 Å². The molecule has 23 heavy (non-hydrogen) atoms. The monoisotopic (exact) mass is 376 g/mol. The maximum absolute atomic E-state index is 12.0. The second-order valence-electron chi connectivity index (χ2n) is 4.80. The molecule has 0 amide bonds. The van der Waals surface area contributed by atoms with Gasteiger partial charge in [0.1, 0.15) is 17.2 Å². The van der Waals surface area contributed by atoms with Crippen LogP contribution >= 0.6 is 15.9 Å². The quantitative estimate of drug-likeness (QED) is 0.440. The van der Waals surface area contributed by atoms with E-state index in [1.54, 1.807) is 44.6 Å². The molecule has 2 rings (SSSR count). The molecular weight excluding hydrogens is 360 g/mol. The van der Waals surface area contributed by atoms with Crippen LogP contribution in [0.3, 0.4) is 0 Å². The third-order valence-electron chi connectivity index (χ3n) is 3.13. The molecule has 2 aromatic rings. The Morgan fingerprint density at radius 2 is 1.78 bits per heavy atom. The first-order chi connectivity index (χ1) is 11.0. The minimum Gasteiger partial charge on any atom is -0.497 e. The van der Waals surface area contributed by atoms with Gasteiger partial charge in [0.15, 0.2) is 0 Å². The van der Waals surface area contributed by atoms with E-state index in [9.17, 15) is 4.79 Å². The smallest absolute Gasteiger partial charge is 0.336 e. The normalized spacial score (nSPS) is 10.6. The summed E-state index contributed by atoms with van der Waals surface area (Å²) < 4.78 is 16.5. The van der Waals surface area contributed by atoms with Crippen molar-refractivity contribution in [1.82, 2.24) is 0 Å². The molecule has 4 nitrogen and oxygen atoms in total. The number of halogens is 1. The number of aryl methyl sites for hydroxylation is 1. The number of carbonyl (C=O) groups is 1.